The molecule has 0 saturated carbocycles. The van der Waals surface area contributed by atoms with Crippen LogP contribution in [0.1, 0.15) is 23.6 Å². The summed E-state index contributed by atoms with van der Waals surface area (Å²) >= 11 is 5.74. The first-order valence-electron chi connectivity index (χ1n) is 9.60. The second-order valence-electron chi connectivity index (χ2n) is 7.04. The Morgan fingerprint density at radius 3 is 2.41 bits per heavy atom. The van der Waals surface area contributed by atoms with E-state index in [1.54, 1.807) is 12.0 Å². The number of thiocarbonyl (C=S) groups is 1. The van der Waals surface area contributed by atoms with E-state index < -0.39 is 0 Å². The first kappa shape index (κ1) is 19.6. The summed E-state index contributed by atoms with van der Waals surface area (Å²) < 4.78 is 11.5. The SMILES string of the molecule is CC[NH+]1CCN(C(=S)c2ccc(OCc3ccc(C)cc3)c(OC)c2)CC1. The van der Waals surface area contributed by atoms with Crippen molar-refractivity contribution in [2.45, 2.75) is 20.5 Å². The molecule has 3 rings (SSSR count). The van der Waals surface area contributed by atoms with E-state index in [2.05, 4.69) is 43.0 Å². The van der Waals surface area contributed by atoms with Crippen LogP contribution in [-0.2, 0) is 6.61 Å². The molecule has 0 aromatic heterocycles. The lowest BCUT2D eigenvalue weighted by atomic mass is 10.1. The van der Waals surface area contributed by atoms with Gasteiger partial charge in [0, 0.05) is 5.56 Å². The molecule has 1 N–H and O–H groups in total. The number of hydrogen-bond acceptors (Lipinski definition) is 3. The number of rotatable bonds is 6. The van der Waals surface area contributed by atoms with E-state index in [9.17, 15) is 0 Å². The maximum Gasteiger partial charge on any atom is 0.161 e. The summed E-state index contributed by atoms with van der Waals surface area (Å²) in [7, 11) is 1.67. The number of ether oxygens (including phenoxy) is 2. The van der Waals surface area contributed by atoms with Crippen molar-refractivity contribution in [1.82, 2.24) is 4.90 Å². The molecule has 1 aliphatic rings. The van der Waals surface area contributed by atoms with Crippen molar-refractivity contribution in [2.24, 2.45) is 0 Å². The van der Waals surface area contributed by atoms with Crippen molar-refractivity contribution in [3.63, 3.8) is 0 Å². The minimum Gasteiger partial charge on any atom is -0.493 e. The monoisotopic (exact) mass is 385 g/mol. The van der Waals surface area contributed by atoms with Crippen molar-refractivity contribution in [2.75, 3.05) is 39.8 Å². The molecule has 0 spiro atoms. The van der Waals surface area contributed by atoms with Crippen LogP contribution in [-0.4, -0.2) is 49.7 Å². The molecule has 1 fully saturated rings. The van der Waals surface area contributed by atoms with Gasteiger partial charge in [0.05, 0.1) is 39.8 Å². The largest absolute Gasteiger partial charge is 0.493 e. The smallest absolute Gasteiger partial charge is 0.161 e. The zero-order chi connectivity index (χ0) is 19.2. The second kappa shape index (κ2) is 9.20. The maximum atomic E-state index is 5.98. The summed E-state index contributed by atoms with van der Waals surface area (Å²) in [5.41, 5.74) is 3.40. The topological polar surface area (TPSA) is 26.1 Å². The number of aryl methyl sites for hydroxylation is 1. The molecular formula is C22H29N2O2S+. The third-order valence-corrected chi connectivity index (χ3v) is 5.68. The Morgan fingerprint density at radius 1 is 1.07 bits per heavy atom. The van der Waals surface area contributed by atoms with Crippen LogP contribution in [0.5, 0.6) is 11.5 Å². The molecule has 1 saturated heterocycles. The number of nitrogens with one attached hydrogen (secondary N) is 1. The van der Waals surface area contributed by atoms with E-state index in [0.29, 0.717) is 6.61 Å². The highest BCUT2D eigenvalue weighted by molar-refractivity contribution is 7.80. The fraction of sp³-hybridized carbons (Fsp3) is 0.409. The van der Waals surface area contributed by atoms with Crippen molar-refractivity contribution < 1.29 is 14.4 Å². The molecule has 2 aromatic rings. The summed E-state index contributed by atoms with van der Waals surface area (Å²) in [6, 6.07) is 14.4. The van der Waals surface area contributed by atoms with Gasteiger partial charge in [0.25, 0.3) is 0 Å². The van der Waals surface area contributed by atoms with Gasteiger partial charge in [0.1, 0.15) is 11.6 Å². The van der Waals surface area contributed by atoms with Crippen molar-refractivity contribution in [1.29, 1.82) is 0 Å². The minimum atomic E-state index is 0.516. The van der Waals surface area contributed by atoms with Crippen LogP contribution in [0.3, 0.4) is 0 Å². The molecule has 0 aliphatic carbocycles. The molecule has 27 heavy (non-hydrogen) atoms. The highest BCUT2D eigenvalue weighted by Crippen LogP contribution is 2.29. The lowest BCUT2D eigenvalue weighted by Gasteiger charge is -2.33. The normalized spacial score (nSPS) is 14.9. The lowest BCUT2D eigenvalue weighted by Crippen LogP contribution is -3.14. The number of benzene rings is 2. The Labute approximate surface area is 167 Å². The Kier molecular flexibility index (Phi) is 6.69. The van der Waals surface area contributed by atoms with Gasteiger partial charge in [-0.1, -0.05) is 42.0 Å². The first-order chi connectivity index (χ1) is 13.1. The van der Waals surface area contributed by atoms with Gasteiger partial charge in [-0.3, -0.25) is 0 Å². The lowest BCUT2D eigenvalue weighted by molar-refractivity contribution is -0.902. The van der Waals surface area contributed by atoms with Gasteiger partial charge in [0.15, 0.2) is 11.5 Å². The number of hydrogen-bond donors (Lipinski definition) is 1. The van der Waals surface area contributed by atoms with Crippen LogP contribution in [0.4, 0.5) is 0 Å². The number of nitrogens with zero attached hydrogens (tertiary/aromatic N) is 1. The zero-order valence-electron chi connectivity index (χ0n) is 16.5. The highest BCUT2D eigenvalue weighted by Gasteiger charge is 2.22. The molecule has 0 amide bonds. The molecular weight excluding hydrogens is 356 g/mol. The maximum absolute atomic E-state index is 5.98. The third kappa shape index (κ3) is 4.99. The van der Waals surface area contributed by atoms with Crippen LogP contribution >= 0.6 is 12.2 Å². The number of methoxy groups -OCH3 is 1. The number of piperazine rings is 1. The molecule has 144 valence electrons. The van der Waals surface area contributed by atoms with Crippen molar-refractivity contribution >= 4 is 17.2 Å². The van der Waals surface area contributed by atoms with Gasteiger partial charge in [-0.2, -0.15) is 0 Å². The van der Waals surface area contributed by atoms with Crippen LogP contribution < -0.4 is 14.4 Å². The fourth-order valence-electron chi connectivity index (χ4n) is 3.33. The quantitative estimate of drug-likeness (QED) is 0.773. The van der Waals surface area contributed by atoms with Crippen LogP contribution in [0, 0.1) is 6.92 Å². The molecule has 5 heteroatoms. The zero-order valence-corrected chi connectivity index (χ0v) is 17.3. The van der Waals surface area contributed by atoms with Crippen LogP contribution in [0.25, 0.3) is 0 Å². The first-order valence-corrected chi connectivity index (χ1v) is 10.0. The fourth-order valence-corrected chi connectivity index (χ4v) is 3.64. The van der Waals surface area contributed by atoms with Crippen molar-refractivity contribution in [3.05, 3.63) is 59.2 Å². The van der Waals surface area contributed by atoms with Crippen LogP contribution in [0.2, 0.25) is 0 Å². The van der Waals surface area contributed by atoms with Crippen molar-refractivity contribution in [3.8, 4) is 11.5 Å². The molecule has 4 nitrogen and oxygen atoms in total. The number of likely N-dealkylation sites (N-methyl/N-ethyl adjacent to an activating group) is 1. The predicted molar refractivity (Wildman–Crippen MR) is 113 cm³/mol. The average molecular weight is 386 g/mol. The predicted octanol–water partition coefficient (Wildman–Crippen LogP) is 2.48. The second-order valence-corrected chi connectivity index (χ2v) is 7.42. The number of quaternary nitrogens is 1. The van der Waals surface area contributed by atoms with E-state index in [-0.39, 0.29) is 0 Å². The minimum absolute atomic E-state index is 0.516. The van der Waals surface area contributed by atoms with E-state index in [1.807, 2.05) is 18.2 Å². The van der Waals surface area contributed by atoms with E-state index in [4.69, 9.17) is 21.7 Å². The molecule has 0 radical (unpaired) electrons. The van der Waals surface area contributed by atoms with Gasteiger partial charge < -0.3 is 19.3 Å². The van der Waals surface area contributed by atoms with Gasteiger partial charge in [-0.15, -0.1) is 0 Å². The Hall–Kier alpha value is -2.11. The summed E-state index contributed by atoms with van der Waals surface area (Å²) in [5.74, 6) is 1.46. The van der Waals surface area contributed by atoms with E-state index in [1.165, 1.54) is 12.1 Å². The summed E-state index contributed by atoms with van der Waals surface area (Å²) in [6.45, 7) is 10.3. The molecule has 1 aliphatic heterocycles. The molecule has 1 heterocycles. The Morgan fingerprint density at radius 2 is 1.78 bits per heavy atom. The molecule has 2 aromatic carbocycles. The summed E-state index contributed by atoms with van der Waals surface area (Å²) in [6.07, 6.45) is 0. The standard InChI is InChI=1S/C22H28N2O2S/c1-4-23-11-13-24(14-12-23)22(27)19-9-10-20(21(15-19)25-3)26-16-18-7-5-17(2)6-8-18/h5-10,15H,4,11-14,16H2,1-3H3/p+1. The third-order valence-electron chi connectivity index (χ3n) is 5.18. The highest BCUT2D eigenvalue weighted by atomic mass is 32.1. The Balaban J connectivity index is 1.66. The molecule has 0 unspecified atom stereocenters. The average Bonchev–Trinajstić information content (AvgIpc) is 2.72. The summed E-state index contributed by atoms with van der Waals surface area (Å²) in [4.78, 5) is 4.84. The van der Waals surface area contributed by atoms with Gasteiger partial charge in [-0.05, 0) is 37.6 Å². The van der Waals surface area contributed by atoms with E-state index in [0.717, 1.165) is 53.8 Å². The summed E-state index contributed by atoms with van der Waals surface area (Å²) in [5, 5.41) is 0. The molecule has 0 bridgehead atoms. The van der Waals surface area contributed by atoms with Gasteiger partial charge in [0.2, 0.25) is 0 Å². The molecule has 0 atom stereocenters. The van der Waals surface area contributed by atoms with Gasteiger partial charge >= 0.3 is 0 Å². The van der Waals surface area contributed by atoms with Crippen LogP contribution in [0.15, 0.2) is 42.5 Å². The van der Waals surface area contributed by atoms with E-state index >= 15 is 0 Å². The van der Waals surface area contributed by atoms with Gasteiger partial charge in [-0.25, -0.2) is 0 Å². The Bertz CT molecular complexity index is 768.